The number of aryl methyl sites for hydroxylation is 1. The summed E-state index contributed by atoms with van der Waals surface area (Å²) in [6.45, 7) is 3.67. The molecule has 2 N–H and O–H groups in total. The maximum Gasteiger partial charge on any atom is 0.259 e. The second-order valence-electron chi connectivity index (χ2n) is 7.30. The zero-order valence-corrected chi connectivity index (χ0v) is 16.8. The minimum Gasteiger partial charge on any atom is -0.321 e. The molecule has 5 nitrogen and oxygen atoms in total. The molecule has 0 unspecified atom stereocenters. The summed E-state index contributed by atoms with van der Waals surface area (Å²) >= 11 is 6.28. The minimum atomic E-state index is -0.341. The van der Waals surface area contributed by atoms with Gasteiger partial charge in [0.2, 0.25) is 0 Å². The predicted octanol–water partition coefficient (Wildman–Crippen LogP) is 4.69. The molecule has 1 aliphatic heterocycles. The first-order chi connectivity index (χ1) is 14.0. The van der Waals surface area contributed by atoms with E-state index in [4.69, 9.17) is 11.6 Å². The van der Waals surface area contributed by atoms with Crippen LogP contribution in [0.4, 0.5) is 10.1 Å². The molecule has 0 spiro atoms. The summed E-state index contributed by atoms with van der Waals surface area (Å²) in [7, 11) is 0. The normalized spacial score (nSPS) is 14.7. The van der Waals surface area contributed by atoms with Crippen molar-refractivity contribution < 1.29 is 9.18 Å². The van der Waals surface area contributed by atoms with Crippen LogP contribution in [0.15, 0.2) is 48.7 Å². The van der Waals surface area contributed by atoms with Crippen molar-refractivity contribution in [3.8, 4) is 5.69 Å². The van der Waals surface area contributed by atoms with Gasteiger partial charge in [-0.3, -0.25) is 4.79 Å². The lowest BCUT2D eigenvalue weighted by molar-refractivity contribution is 0.102. The Bertz CT molecular complexity index is 1040. The summed E-state index contributed by atoms with van der Waals surface area (Å²) in [6, 6.07) is 11.7. The Balaban J connectivity index is 1.73. The molecule has 0 saturated carbocycles. The van der Waals surface area contributed by atoms with Crippen molar-refractivity contribution in [2.24, 2.45) is 0 Å². The topological polar surface area (TPSA) is 59.0 Å². The van der Waals surface area contributed by atoms with Gasteiger partial charge in [0.15, 0.2) is 0 Å². The zero-order valence-electron chi connectivity index (χ0n) is 16.1. The molecule has 3 aromatic rings. The van der Waals surface area contributed by atoms with E-state index in [2.05, 4.69) is 15.7 Å². The number of anilines is 1. The minimum absolute atomic E-state index is 0.149. The number of benzene rings is 2. The van der Waals surface area contributed by atoms with Crippen LogP contribution in [-0.4, -0.2) is 28.8 Å². The standard InChI is InChI=1S/C22H22ClFN4O/c1-14-5-6-20(19(23)11-14)27-22(29)18-13-26-28(17-4-2-3-16(24)12-17)21(18)15-7-9-25-10-8-15/h2-6,11-13,15,25H,7-10H2,1H3,(H,27,29). The molecule has 0 radical (unpaired) electrons. The van der Waals surface area contributed by atoms with Gasteiger partial charge < -0.3 is 10.6 Å². The molecule has 7 heteroatoms. The van der Waals surface area contributed by atoms with Crippen LogP contribution in [0, 0.1) is 12.7 Å². The number of aromatic nitrogens is 2. The lowest BCUT2D eigenvalue weighted by atomic mass is 9.91. The van der Waals surface area contributed by atoms with Gasteiger partial charge in [-0.25, -0.2) is 9.07 Å². The van der Waals surface area contributed by atoms with Crippen LogP contribution < -0.4 is 10.6 Å². The lowest BCUT2D eigenvalue weighted by Crippen LogP contribution is -2.29. The Hall–Kier alpha value is -2.70. The Kier molecular flexibility index (Phi) is 5.65. The van der Waals surface area contributed by atoms with Gasteiger partial charge in [0.1, 0.15) is 5.82 Å². The molecule has 1 amide bonds. The van der Waals surface area contributed by atoms with Crippen LogP contribution in [0.5, 0.6) is 0 Å². The predicted molar refractivity (Wildman–Crippen MR) is 113 cm³/mol. The van der Waals surface area contributed by atoms with Crippen LogP contribution in [0.3, 0.4) is 0 Å². The highest BCUT2D eigenvalue weighted by atomic mass is 35.5. The first kappa shape index (κ1) is 19.6. The highest BCUT2D eigenvalue weighted by molar-refractivity contribution is 6.34. The van der Waals surface area contributed by atoms with Gasteiger partial charge in [-0.15, -0.1) is 0 Å². The van der Waals surface area contributed by atoms with Crippen molar-refractivity contribution in [1.82, 2.24) is 15.1 Å². The van der Waals surface area contributed by atoms with Gasteiger partial charge in [0.05, 0.1) is 33.9 Å². The van der Waals surface area contributed by atoms with Gasteiger partial charge in [-0.05, 0) is 68.8 Å². The van der Waals surface area contributed by atoms with E-state index in [1.165, 1.54) is 12.1 Å². The molecule has 1 aliphatic rings. The van der Waals surface area contributed by atoms with Gasteiger partial charge >= 0.3 is 0 Å². The Morgan fingerprint density at radius 3 is 2.76 bits per heavy atom. The van der Waals surface area contributed by atoms with Crippen molar-refractivity contribution in [3.05, 3.63) is 76.3 Å². The van der Waals surface area contributed by atoms with Crippen molar-refractivity contribution in [2.75, 3.05) is 18.4 Å². The van der Waals surface area contributed by atoms with E-state index in [1.54, 1.807) is 35.1 Å². The van der Waals surface area contributed by atoms with Crippen molar-refractivity contribution in [1.29, 1.82) is 0 Å². The summed E-state index contributed by atoms with van der Waals surface area (Å²) in [5.41, 5.74) is 3.46. The number of piperidine rings is 1. The summed E-state index contributed by atoms with van der Waals surface area (Å²) in [5, 5.41) is 11.2. The molecule has 4 rings (SSSR count). The second kappa shape index (κ2) is 8.35. The maximum absolute atomic E-state index is 13.8. The first-order valence-corrected chi connectivity index (χ1v) is 10.0. The van der Waals surface area contributed by atoms with E-state index in [1.807, 2.05) is 13.0 Å². The number of nitrogens with one attached hydrogen (secondary N) is 2. The smallest absolute Gasteiger partial charge is 0.259 e. The molecular formula is C22H22ClFN4O. The van der Waals surface area contributed by atoms with Crippen molar-refractivity contribution in [2.45, 2.75) is 25.7 Å². The molecule has 150 valence electrons. The van der Waals surface area contributed by atoms with Crippen LogP contribution in [0.2, 0.25) is 5.02 Å². The fourth-order valence-electron chi connectivity index (χ4n) is 3.75. The average molecular weight is 413 g/mol. The van der Waals surface area contributed by atoms with E-state index in [-0.39, 0.29) is 17.6 Å². The number of amides is 1. The number of nitrogens with zero attached hydrogens (tertiary/aromatic N) is 2. The second-order valence-corrected chi connectivity index (χ2v) is 7.70. The van der Waals surface area contributed by atoms with E-state index < -0.39 is 0 Å². The fourth-order valence-corrected chi connectivity index (χ4v) is 4.03. The molecule has 1 saturated heterocycles. The number of hydrogen-bond acceptors (Lipinski definition) is 3. The van der Waals surface area contributed by atoms with E-state index in [0.29, 0.717) is 22.0 Å². The highest BCUT2D eigenvalue weighted by Gasteiger charge is 2.27. The molecule has 29 heavy (non-hydrogen) atoms. The molecule has 2 aromatic carbocycles. The molecule has 0 bridgehead atoms. The van der Waals surface area contributed by atoms with Crippen LogP contribution in [0.1, 0.15) is 40.4 Å². The molecule has 0 atom stereocenters. The Morgan fingerprint density at radius 1 is 1.24 bits per heavy atom. The van der Waals surface area contributed by atoms with Gasteiger partial charge in [0.25, 0.3) is 5.91 Å². The number of carbonyl (C=O) groups excluding carboxylic acids is 1. The maximum atomic E-state index is 13.8. The molecule has 1 aromatic heterocycles. The summed E-state index contributed by atoms with van der Waals surface area (Å²) < 4.78 is 15.5. The van der Waals surface area contributed by atoms with Gasteiger partial charge in [0, 0.05) is 5.92 Å². The zero-order chi connectivity index (χ0) is 20.4. The third-order valence-electron chi connectivity index (χ3n) is 5.20. The monoisotopic (exact) mass is 412 g/mol. The Morgan fingerprint density at radius 2 is 2.03 bits per heavy atom. The van der Waals surface area contributed by atoms with Gasteiger partial charge in [-0.1, -0.05) is 23.7 Å². The third-order valence-corrected chi connectivity index (χ3v) is 5.52. The molecule has 0 aliphatic carbocycles. The molecule has 1 fully saturated rings. The fraction of sp³-hybridized carbons (Fsp3) is 0.273. The first-order valence-electron chi connectivity index (χ1n) is 9.65. The summed E-state index contributed by atoms with van der Waals surface area (Å²) in [5.74, 6) is -0.463. The molecule has 2 heterocycles. The number of halogens is 2. The molecular weight excluding hydrogens is 391 g/mol. The van der Waals surface area contributed by atoms with Crippen LogP contribution >= 0.6 is 11.6 Å². The van der Waals surface area contributed by atoms with Gasteiger partial charge in [-0.2, -0.15) is 5.10 Å². The number of rotatable bonds is 4. The van der Waals surface area contributed by atoms with Crippen molar-refractivity contribution in [3.63, 3.8) is 0 Å². The summed E-state index contributed by atoms with van der Waals surface area (Å²) in [4.78, 5) is 13.1. The number of hydrogen-bond donors (Lipinski definition) is 2. The van der Waals surface area contributed by atoms with E-state index in [9.17, 15) is 9.18 Å². The van der Waals surface area contributed by atoms with E-state index in [0.717, 1.165) is 37.2 Å². The van der Waals surface area contributed by atoms with Crippen LogP contribution in [0.25, 0.3) is 5.69 Å². The largest absolute Gasteiger partial charge is 0.321 e. The Labute approximate surface area is 173 Å². The summed E-state index contributed by atoms with van der Waals surface area (Å²) in [6.07, 6.45) is 3.32. The van der Waals surface area contributed by atoms with Crippen LogP contribution in [-0.2, 0) is 0 Å². The number of carbonyl (C=O) groups is 1. The lowest BCUT2D eigenvalue weighted by Gasteiger charge is -2.24. The average Bonchev–Trinajstić information content (AvgIpc) is 3.16. The SMILES string of the molecule is Cc1ccc(NC(=O)c2cnn(-c3cccc(F)c3)c2C2CCNCC2)c(Cl)c1. The third kappa shape index (κ3) is 4.18. The van der Waals surface area contributed by atoms with E-state index >= 15 is 0 Å². The quantitative estimate of drug-likeness (QED) is 0.653. The highest BCUT2D eigenvalue weighted by Crippen LogP contribution is 2.31. The van der Waals surface area contributed by atoms with Crippen molar-refractivity contribution >= 4 is 23.2 Å².